The Morgan fingerprint density at radius 3 is 2.48 bits per heavy atom. The number of urea groups is 1. The number of halogens is 3. The average molecular weight is 481 g/mol. The number of rotatable bonds is 6. The zero-order valence-corrected chi connectivity index (χ0v) is 19.8. The van der Waals surface area contributed by atoms with Gasteiger partial charge in [0.25, 0.3) is 5.91 Å². The standard InChI is InChI=1S/C23H27F3N4O2S/c1-28(2)10-11-29(3)21(31)16-6-5-7-17(12-16)27-22(32)30-9-8-15-13-20(33-4)18(14-19(15)30)23(24,25)26/h5-7,12-14H,8-11H2,1-4H3,(H,27,32). The molecule has 0 radical (unpaired) electrons. The number of nitrogens with zero attached hydrogens (tertiary/aromatic N) is 3. The van der Waals surface area contributed by atoms with Crippen molar-refractivity contribution in [2.75, 3.05) is 57.2 Å². The summed E-state index contributed by atoms with van der Waals surface area (Å²) in [7, 11) is 5.55. The quantitative estimate of drug-likeness (QED) is 0.612. The molecular weight excluding hydrogens is 453 g/mol. The summed E-state index contributed by atoms with van der Waals surface area (Å²) >= 11 is 1.03. The maximum absolute atomic E-state index is 13.5. The summed E-state index contributed by atoms with van der Waals surface area (Å²) in [5, 5.41) is 2.72. The fourth-order valence-corrected chi connectivity index (χ4v) is 4.26. The number of carbonyl (C=O) groups is 2. The smallest absolute Gasteiger partial charge is 0.340 e. The van der Waals surface area contributed by atoms with E-state index in [0.29, 0.717) is 36.3 Å². The Bertz CT molecular complexity index is 1040. The van der Waals surface area contributed by atoms with Crippen LogP contribution in [-0.2, 0) is 12.6 Å². The summed E-state index contributed by atoms with van der Waals surface area (Å²) in [5.74, 6) is -0.182. The normalized spacial score (nSPS) is 13.3. The van der Waals surface area contributed by atoms with Gasteiger partial charge in [-0.25, -0.2) is 4.79 Å². The average Bonchev–Trinajstić information content (AvgIpc) is 3.18. The van der Waals surface area contributed by atoms with E-state index in [9.17, 15) is 22.8 Å². The number of fused-ring (bicyclic) bond motifs is 1. The van der Waals surface area contributed by atoms with Crippen molar-refractivity contribution in [3.63, 3.8) is 0 Å². The molecule has 178 valence electrons. The van der Waals surface area contributed by atoms with Crippen LogP contribution in [0.15, 0.2) is 41.3 Å². The Labute approximate surface area is 195 Å². The molecule has 0 spiro atoms. The van der Waals surface area contributed by atoms with Gasteiger partial charge in [0.1, 0.15) is 0 Å². The van der Waals surface area contributed by atoms with Gasteiger partial charge in [-0.2, -0.15) is 13.2 Å². The number of carbonyl (C=O) groups excluding carboxylic acids is 2. The summed E-state index contributed by atoms with van der Waals surface area (Å²) in [6.45, 7) is 1.54. The van der Waals surface area contributed by atoms with Crippen LogP contribution in [0.4, 0.5) is 29.3 Å². The number of hydrogen-bond donors (Lipinski definition) is 1. The lowest BCUT2D eigenvalue weighted by Crippen LogP contribution is -2.34. The minimum Gasteiger partial charge on any atom is -0.340 e. The molecule has 2 aromatic rings. The number of benzene rings is 2. The maximum atomic E-state index is 13.5. The van der Waals surface area contributed by atoms with E-state index < -0.39 is 17.8 Å². The van der Waals surface area contributed by atoms with Crippen LogP contribution in [0.1, 0.15) is 21.5 Å². The number of hydrogen-bond acceptors (Lipinski definition) is 4. The number of alkyl halides is 3. The molecule has 3 rings (SSSR count). The highest BCUT2D eigenvalue weighted by Gasteiger charge is 2.36. The maximum Gasteiger partial charge on any atom is 0.417 e. The summed E-state index contributed by atoms with van der Waals surface area (Å²) in [4.78, 5) is 30.6. The van der Waals surface area contributed by atoms with Crippen molar-refractivity contribution in [3.8, 4) is 0 Å². The Hall–Kier alpha value is -2.72. The lowest BCUT2D eigenvalue weighted by molar-refractivity contribution is -0.139. The summed E-state index contributed by atoms with van der Waals surface area (Å²) < 4.78 is 40.5. The Morgan fingerprint density at radius 1 is 1.12 bits per heavy atom. The Balaban J connectivity index is 1.77. The zero-order valence-electron chi connectivity index (χ0n) is 19.0. The van der Waals surface area contributed by atoms with Crippen molar-refractivity contribution >= 4 is 35.1 Å². The van der Waals surface area contributed by atoms with Gasteiger partial charge in [0, 0.05) is 48.5 Å². The Kier molecular flexibility index (Phi) is 7.58. The van der Waals surface area contributed by atoms with E-state index in [1.165, 1.54) is 11.0 Å². The molecule has 0 aliphatic carbocycles. The summed E-state index contributed by atoms with van der Waals surface area (Å²) in [6.07, 6.45) is -2.43. The van der Waals surface area contributed by atoms with Crippen LogP contribution in [0.2, 0.25) is 0 Å². The van der Waals surface area contributed by atoms with E-state index in [-0.39, 0.29) is 23.0 Å². The molecule has 33 heavy (non-hydrogen) atoms. The van der Waals surface area contributed by atoms with Crippen molar-refractivity contribution in [2.24, 2.45) is 0 Å². The zero-order chi connectivity index (χ0) is 24.3. The van der Waals surface area contributed by atoms with Crippen molar-refractivity contribution in [1.29, 1.82) is 0 Å². The van der Waals surface area contributed by atoms with Crippen LogP contribution in [0, 0.1) is 0 Å². The van der Waals surface area contributed by atoms with Crippen LogP contribution >= 0.6 is 11.8 Å². The fourth-order valence-electron chi connectivity index (χ4n) is 3.61. The molecule has 3 amide bonds. The predicted octanol–water partition coefficient (Wildman–Crippen LogP) is 4.66. The van der Waals surface area contributed by atoms with E-state index >= 15 is 0 Å². The van der Waals surface area contributed by atoms with E-state index in [0.717, 1.165) is 17.8 Å². The van der Waals surface area contributed by atoms with Gasteiger partial charge in [0.05, 0.1) is 5.56 Å². The second-order valence-corrected chi connectivity index (χ2v) is 8.97. The SMILES string of the molecule is CSc1cc2c(cc1C(F)(F)F)N(C(=O)Nc1cccc(C(=O)N(C)CCN(C)C)c1)CC2. The molecule has 0 unspecified atom stereocenters. The first kappa shape index (κ1) is 24.9. The predicted molar refractivity (Wildman–Crippen MR) is 125 cm³/mol. The van der Waals surface area contributed by atoms with Crippen LogP contribution in [0.5, 0.6) is 0 Å². The molecule has 10 heteroatoms. The monoisotopic (exact) mass is 480 g/mol. The van der Waals surface area contributed by atoms with Crippen molar-refractivity contribution in [2.45, 2.75) is 17.5 Å². The van der Waals surface area contributed by atoms with E-state index in [1.807, 2.05) is 19.0 Å². The number of thioether (sulfide) groups is 1. The number of nitrogens with one attached hydrogen (secondary N) is 1. The molecule has 1 aliphatic rings. The molecule has 1 N–H and O–H groups in total. The number of anilines is 2. The van der Waals surface area contributed by atoms with Gasteiger partial charge in [0.2, 0.25) is 0 Å². The third-order valence-corrected chi connectivity index (χ3v) is 6.21. The highest BCUT2D eigenvalue weighted by atomic mass is 32.2. The molecule has 0 saturated carbocycles. The first-order chi connectivity index (χ1) is 15.5. The van der Waals surface area contributed by atoms with Crippen LogP contribution in [0.25, 0.3) is 0 Å². The minimum atomic E-state index is -4.51. The Morgan fingerprint density at radius 2 is 1.85 bits per heavy atom. The second kappa shape index (κ2) is 10.0. The fraction of sp³-hybridized carbons (Fsp3) is 0.391. The van der Waals surface area contributed by atoms with Crippen LogP contribution < -0.4 is 10.2 Å². The molecule has 0 atom stereocenters. The first-order valence-electron chi connectivity index (χ1n) is 10.4. The third kappa shape index (κ3) is 5.80. The molecular formula is C23H27F3N4O2S. The topological polar surface area (TPSA) is 55.9 Å². The van der Waals surface area contributed by atoms with Crippen molar-refractivity contribution in [3.05, 3.63) is 53.1 Å². The molecule has 0 saturated heterocycles. The number of amides is 3. The molecule has 0 bridgehead atoms. The molecule has 0 aromatic heterocycles. The molecule has 0 fully saturated rings. The lowest BCUT2D eigenvalue weighted by Gasteiger charge is -2.21. The molecule has 6 nitrogen and oxygen atoms in total. The number of likely N-dealkylation sites (N-methyl/N-ethyl adjacent to an activating group) is 2. The van der Waals surface area contributed by atoms with Gasteiger partial charge in [0.15, 0.2) is 0 Å². The highest BCUT2D eigenvalue weighted by Crippen LogP contribution is 2.42. The molecule has 2 aromatic carbocycles. The van der Waals surface area contributed by atoms with Gasteiger partial charge < -0.3 is 15.1 Å². The van der Waals surface area contributed by atoms with Crippen LogP contribution in [0.3, 0.4) is 0 Å². The largest absolute Gasteiger partial charge is 0.417 e. The van der Waals surface area contributed by atoms with Crippen LogP contribution in [-0.4, -0.2) is 68.8 Å². The van der Waals surface area contributed by atoms with Crippen molar-refractivity contribution in [1.82, 2.24) is 9.80 Å². The first-order valence-corrected chi connectivity index (χ1v) is 11.6. The van der Waals surface area contributed by atoms with E-state index in [1.54, 1.807) is 42.5 Å². The minimum absolute atomic E-state index is 0.146. The van der Waals surface area contributed by atoms with E-state index in [2.05, 4.69) is 5.32 Å². The highest BCUT2D eigenvalue weighted by molar-refractivity contribution is 7.98. The van der Waals surface area contributed by atoms with Gasteiger partial charge in [-0.15, -0.1) is 11.8 Å². The van der Waals surface area contributed by atoms with Gasteiger partial charge in [-0.3, -0.25) is 9.69 Å². The van der Waals surface area contributed by atoms with Gasteiger partial charge in [-0.05, 0) is 62.7 Å². The third-order valence-electron chi connectivity index (χ3n) is 5.44. The van der Waals surface area contributed by atoms with Crippen molar-refractivity contribution < 1.29 is 22.8 Å². The van der Waals surface area contributed by atoms with Gasteiger partial charge in [-0.1, -0.05) is 6.07 Å². The summed E-state index contributed by atoms with van der Waals surface area (Å²) in [5.41, 5.74) is 1.03. The summed E-state index contributed by atoms with van der Waals surface area (Å²) in [6, 6.07) is 8.56. The second-order valence-electron chi connectivity index (χ2n) is 8.12. The lowest BCUT2D eigenvalue weighted by atomic mass is 10.1. The molecule has 1 heterocycles. The van der Waals surface area contributed by atoms with E-state index in [4.69, 9.17) is 0 Å². The van der Waals surface area contributed by atoms with Gasteiger partial charge >= 0.3 is 12.2 Å². The molecule has 1 aliphatic heterocycles.